The molecule has 2 rings (SSSR count). The summed E-state index contributed by atoms with van der Waals surface area (Å²) in [7, 11) is 1.72. The molecule has 0 amide bonds. The van der Waals surface area contributed by atoms with Gasteiger partial charge in [0.1, 0.15) is 5.54 Å². The Labute approximate surface area is 141 Å². The Hall–Kier alpha value is -2.66. The zero-order chi connectivity index (χ0) is 17.9. The number of nitrogens with zero attached hydrogens (tertiary/aromatic N) is 1. The van der Waals surface area contributed by atoms with Crippen molar-refractivity contribution in [3.63, 3.8) is 0 Å². The second-order valence-electron chi connectivity index (χ2n) is 6.33. The fourth-order valence-electron chi connectivity index (χ4n) is 2.26. The number of aliphatic carboxylic acids is 1. The van der Waals surface area contributed by atoms with Crippen LogP contribution in [-0.2, 0) is 11.3 Å². The fourth-order valence-corrected chi connectivity index (χ4v) is 2.26. The second kappa shape index (κ2) is 6.84. The molecular weight excluding hydrogens is 304 g/mol. The molecule has 0 bridgehead atoms. The van der Waals surface area contributed by atoms with Gasteiger partial charge in [0, 0.05) is 23.4 Å². The largest absolute Gasteiger partial charge is 0.480 e. The molecule has 0 spiro atoms. The first-order valence-corrected chi connectivity index (χ1v) is 7.66. The van der Waals surface area contributed by atoms with Crippen molar-refractivity contribution in [1.82, 2.24) is 4.90 Å². The maximum absolute atomic E-state index is 12.6. The van der Waals surface area contributed by atoms with Crippen molar-refractivity contribution in [3.8, 4) is 0 Å². The molecule has 0 atom stereocenters. The lowest BCUT2D eigenvalue weighted by Crippen LogP contribution is -2.47. The van der Waals surface area contributed by atoms with Crippen LogP contribution in [-0.4, -0.2) is 34.3 Å². The number of hydrogen-bond donors (Lipinski definition) is 2. The smallest absolute Gasteiger partial charge is 0.323 e. The molecule has 5 nitrogen and oxygen atoms in total. The van der Waals surface area contributed by atoms with Crippen LogP contribution in [0.1, 0.15) is 35.3 Å². The van der Waals surface area contributed by atoms with Crippen LogP contribution in [0, 0.1) is 0 Å². The zero-order valence-electron chi connectivity index (χ0n) is 14.1. The molecule has 0 aromatic heterocycles. The van der Waals surface area contributed by atoms with Gasteiger partial charge in [0.25, 0.3) is 0 Å². The number of likely N-dealkylation sites (N-methyl/N-ethyl adjacent to an activating group) is 1. The van der Waals surface area contributed by atoms with E-state index in [1.165, 1.54) is 0 Å². The first kappa shape index (κ1) is 17.7. The predicted octanol–water partition coefficient (Wildman–Crippen LogP) is 2.79. The topological polar surface area (TPSA) is 83.6 Å². The first-order chi connectivity index (χ1) is 11.2. The third-order valence-electron chi connectivity index (χ3n) is 4.33. The Morgan fingerprint density at radius 2 is 1.71 bits per heavy atom. The molecular formula is C19H22N2O3. The highest BCUT2D eigenvalue weighted by Crippen LogP contribution is 2.22. The average Bonchev–Trinajstić information content (AvgIpc) is 2.56. The van der Waals surface area contributed by atoms with Crippen molar-refractivity contribution < 1.29 is 14.7 Å². The van der Waals surface area contributed by atoms with E-state index in [1.807, 2.05) is 18.2 Å². The van der Waals surface area contributed by atoms with E-state index >= 15 is 0 Å². The number of carboxylic acids is 1. The Bertz CT molecular complexity index is 754. The van der Waals surface area contributed by atoms with Crippen LogP contribution >= 0.6 is 0 Å². The number of rotatable bonds is 6. The monoisotopic (exact) mass is 326 g/mol. The van der Waals surface area contributed by atoms with E-state index in [0.29, 0.717) is 23.4 Å². The Kier molecular flexibility index (Phi) is 5.04. The van der Waals surface area contributed by atoms with Crippen molar-refractivity contribution in [3.05, 3.63) is 65.2 Å². The van der Waals surface area contributed by atoms with E-state index in [4.69, 9.17) is 5.73 Å². The van der Waals surface area contributed by atoms with Crippen LogP contribution in [0.3, 0.4) is 0 Å². The number of hydrogen-bond acceptors (Lipinski definition) is 4. The molecule has 2 aromatic carbocycles. The molecule has 0 aliphatic heterocycles. The molecule has 0 aliphatic rings. The van der Waals surface area contributed by atoms with Crippen molar-refractivity contribution in [2.24, 2.45) is 0 Å². The Balaban J connectivity index is 2.29. The number of nitrogen functional groups attached to an aromatic ring is 1. The number of benzene rings is 2. The lowest BCUT2D eigenvalue weighted by molar-refractivity contribution is -0.148. The zero-order valence-corrected chi connectivity index (χ0v) is 14.1. The van der Waals surface area contributed by atoms with Gasteiger partial charge in [0.2, 0.25) is 0 Å². The van der Waals surface area contributed by atoms with Crippen LogP contribution in [0.4, 0.5) is 5.69 Å². The van der Waals surface area contributed by atoms with Gasteiger partial charge in [-0.05, 0) is 44.7 Å². The van der Waals surface area contributed by atoms with Gasteiger partial charge < -0.3 is 10.8 Å². The molecule has 2 aromatic rings. The van der Waals surface area contributed by atoms with Gasteiger partial charge in [-0.1, -0.05) is 30.3 Å². The predicted molar refractivity (Wildman–Crippen MR) is 93.9 cm³/mol. The van der Waals surface area contributed by atoms with Gasteiger partial charge in [-0.2, -0.15) is 0 Å². The summed E-state index contributed by atoms with van der Waals surface area (Å²) in [6.07, 6.45) is 0. The molecule has 0 saturated carbocycles. The summed E-state index contributed by atoms with van der Waals surface area (Å²) in [6, 6.07) is 14.1. The van der Waals surface area contributed by atoms with Gasteiger partial charge >= 0.3 is 5.97 Å². The highest BCUT2D eigenvalue weighted by molar-refractivity contribution is 6.09. The minimum atomic E-state index is -1.04. The van der Waals surface area contributed by atoms with Crippen LogP contribution < -0.4 is 5.73 Å². The fraction of sp³-hybridized carbons (Fsp3) is 0.263. The molecule has 3 N–H and O–H groups in total. The highest BCUT2D eigenvalue weighted by atomic mass is 16.4. The van der Waals surface area contributed by atoms with E-state index in [2.05, 4.69) is 0 Å². The van der Waals surface area contributed by atoms with E-state index < -0.39 is 11.5 Å². The third kappa shape index (κ3) is 3.63. The lowest BCUT2D eigenvalue weighted by atomic mass is 9.98. The van der Waals surface area contributed by atoms with Crippen LogP contribution in [0.2, 0.25) is 0 Å². The normalized spacial score (nSPS) is 11.5. The number of anilines is 1. The van der Waals surface area contributed by atoms with E-state index in [0.717, 1.165) is 5.56 Å². The van der Waals surface area contributed by atoms with Crippen molar-refractivity contribution in [2.75, 3.05) is 12.8 Å². The molecule has 24 heavy (non-hydrogen) atoms. The van der Waals surface area contributed by atoms with Gasteiger partial charge in [0.05, 0.1) is 0 Å². The van der Waals surface area contributed by atoms with Gasteiger partial charge in [-0.25, -0.2) is 0 Å². The van der Waals surface area contributed by atoms with Gasteiger partial charge in [-0.15, -0.1) is 0 Å². The summed E-state index contributed by atoms with van der Waals surface area (Å²) >= 11 is 0. The number of carbonyl (C=O) groups excluding carboxylic acids is 1. The highest BCUT2D eigenvalue weighted by Gasteiger charge is 2.32. The van der Waals surface area contributed by atoms with E-state index in [9.17, 15) is 14.7 Å². The van der Waals surface area contributed by atoms with Crippen molar-refractivity contribution in [2.45, 2.75) is 25.9 Å². The molecule has 0 fully saturated rings. The van der Waals surface area contributed by atoms with Crippen molar-refractivity contribution in [1.29, 1.82) is 0 Å². The van der Waals surface area contributed by atoms with E-state index in [-0.39, 0.29) is 5.78 Å². The quantitative estimate of drug-likeness (QED) is 0.630. The maximum atomic E-state index is 12.6. The molecule has 0 aliphatic carbocycles. The SMILES string of the molecule is CN(Cc1cc(C(=O)c2ccccc2)ccc1N)C(C)(C)C(=O)O. The van der Waals surface area contributed by atoms with Gasteiger partial charge in [-0.3, -0.25) is 14.5 Å². The Morgan fingerprint density at radius 3 is 2.29 bits per heavy atom. The summed E-state index contributed by atoms with van der Waals surface area (Å²) in [6.45, 7) is 3.59. The average molecular weight is 326 g/mol. The summed E-state index contributed by atoms with van der Waals surface area (Å²) in [5.41, 5.74) is 7.38. The first-order valence-electron chi connectivity index (χ1n) is 7.66. The molecule has 5 heteroatoms. The minimum Gasteiger partial charge on any atom is -0.480 e. The summed E-state index contributed by atoms with van der Waals surface area (Å²) in [4.78, 5) is 25.6. The number of carbonyl (C=O) groups is 2. The number of nitrogens with two attached hydrogens (primary N) is 1. The van der Waals surface area contributed by atoms with E-state index in [1.54, 1.807) is 56.1 Å². The summed E-state index contributed by atoms with van der Waals surface area (Å²) in [5.74, 6) is -1.00. The van der Waals surface area contributed by atoms with Crippen LogP contribution in [0.15, 0.2) is 48.5 Å². The Morgan fingerprint density at radius 1 is 1.08 bits per heavy atom. The molecule has 126 valence electrons. The third-order valence-corrected chi connectivity index (χ3v) is 4.33. The maximum Gasteiger partial charge on any atom is 0.323 e. The lowest BCUT2D eigenvalue weighted by Gasteiger charge is -2.31. The second-order valence-corrected chi connectivity index (χ2v) is 6.33. The minimum absolute atomic E-state index is 0.0861. The van der Waals surface area contributed by atoms with Crippen LogP contribution in [0.5, 0.6) is 0 Å². The summed E-state index contributed by atoms with van der Waals surface area (Å²) < 4.78 is 0. The number of carboxylic acid groups (broad SMARTS) is 1. The van der Waals surface area contributed by atoms with Crippen molar-refractivity contribution >= 4 is 17.4 Å². The van der Waals surface area contributed by atoms with Crippen LogP contribution in [0.25, 0.3) is 0 Å². The molecule has 0 unspecified atom stereocenters. The van der Waals surface area contributed by atoms with Gasteiger partial charge in [0.15, 0.2) is 5.78 Å². The molecule has 0 radical (unpaired) electrons. The molecule has 0 saturated heterocycles. The summed E-state index contributed by atoms with van der Waals surface area (Å²) in [5, 5.41) is 9.32. The number of ketones is 1. The standard InChI is InChI=1S/C19H22N2O3/c1-19(2,18(23)24)21(3)12-15-11-14(9-10-16(15)20)17(22)13-7-5-4-6-8-13/h4-11H,12,20H2,1-3H3,(H,23,24). The molecule has 0 heterocycles.